The highest BCUT2D eigenvalue weighted by molar-refractivity contribution is 6.11. The number of carbonyl (C=O) groups is 1. The maximum atomic E-state index is 13.7. The Labute approximate surface area is 163 Å². The van der Waals surface area contributed by atoms with E-state index in [4.69, 9.17) is 4.74 Å². The average molecular weight is 380 g/mol. The zero-order valence-corrected chi connectivity index (χ0v) is 15.6. The highest BCUT2D eigenvalue weighted by atomic mass is 16.5. The molecule has 146 valence electrons. The summed E-state index contributed by atoms with van der Waals surface area (Å²) >= 11 is 0. The summed E-state index contributed by atoms with van der Waals surface area (Å²) < 4.78 is 5.82. The number of phenolic OH excluding ortho intramolecular Hbond substituents is 2. The minimum absolute atomic E-state index is 0.00789. The van der Waals surface area contributed by atoms with Crippen LogP contribution >= 0.6 is 0 Å². The number of aromatic hydroxyl groups is 2. The quantitative estimate of drug-likeness (QED) is 0.713. The number of carbonyl (C=O) groups excluding carboxylic acids is 1. The van der Waals surface area contributed by atoms with Crippen molar-refractivity contribution >= 4 is 11.6 Å². The fourth-order valence-corrected chi connectivity index (χ4v) is 4.90. The molecule has 5 rings (SSSR count). The van der Waals surface area contributed by atoms with Crippen LogP contribution in [0.15, 0.2) is 36.4 Å². The van der Waals surface area contributed by atoms with Crippen molar-refractivity contribution < 1.29 is 19.7 Å². The number of ether oxygens (including phenoxy) is 1. The number of fused-ring (bicyclic) bond motifs is 4. The number of para-hydroxylation sites is 1. The predicted octanol–water partition coefficient (Wildman–Crippen LogP) is 2.51. The Morgan fingerprint density at radius 1 is 1.11 bits per heavy atom. The van der Waals surface area contributed by atoms with Gasteiger partial charge in [-0.25, -0.2) is 0 Å². The van der Waals surface area contributed by atoms with E-state index in [1.807, 2.05) is 29.2 Å². The van der Waals surface area contributed by atoms with Gasteiger partial charge in [0.25, 0.3) is 0 Å². The predicted molar refractivity (Wildman–Crippen MR) is 105 cm³/mol. The second-order valence-corrected chi connectivity index (χ2v) is 7.99. The molecule has 1 fully saturated rings. The van der Waals surface area contributed by atoms with Crippen LogP contribution in [0.4, 0.5) is 5.69 Å². The molecule has 1 unspecified atom stereocenters. The van der Waals surface area contributed by atoms with Gasteiger partial charge in [-0.2, -0.15) is 0 Å². The first-order valence-electron chi connectivity index (χ1n) is 9.93. The smallest absolute Gasteiger partial charge is 0.245 e. The Morgan fingerprint density at radius 3 is 2.68 bits per heavy atom. The number of hydrogen-bond donors (Lipinski definition) is 3. The summed E-state index contributed by atoms with van der Waals surface area (Å²) in [6.45, 7) is 2.96. The van der Waals surface area contributed by atoms with Gasteiger partial charge >= 0.3 is 0 Å². The number of nitrogens with zero attached hydrogens (tertiary/aromatic N) is 1. The molecule has 1 atom stereocenters. The maximum Gasteiger partial charge on any atom is 0.245 e. The molecule has 0 radical (unpaired) electrons. The molecule has 0 bridgehead atoms. The third-order valence-electron chi connectivity index (χ3n) is 6.47. The molecule has 2 aromatic carbocycles. The molecule has 1 amide bonds. The maximum absolute atomic E-state index is 13.7. The van der Waals surface area contributed by atoms with Crippen LogP contribution in [0.5, 0.6) is 17.2 Å². The van der Waals surface area contributed by atoms with E-state index in [1.165, 1.54) is 12.1 Å². The van der Waals surface area contributed by atoms with E-state index in [0.29, 0.717) is 23.8 Å². The molecule has 6 nitrogen and oxygen atoms in total. The van der Waals surface area contributed by atoms with Crippen LogP contribution in [-0.4, -0.2) is 42.4 Å². The van der Waals surface area contributed by atoms with Gasteiger partial charge in [-0.3, -0.25) is 4.79 Å². The van der Waals surface area contributed by atoms with Crippen molar-refractivity contribution in [1.29, 1.82) is 0 Å². The van der Waals surface area contributed by atoms with Gasteiger partial charge in [0.15, 0.2) is 11.5 Å². The fourth-order valence-electron chi connectivity index (χ4n) is 4.90. The summed E-state index contributed by atoms with van der Waals surface area (Å²) in [4.78, 5) is 15.6. The van der Waals surface area contributed by atoms with Gasteiger partial charge in [0.05, 0.1) is 0 Å². The Kier molecular flexibility index (Phi) is 3.98. The van der Waals surface area contributed by atoms with Gasteiger partial charge in [-0.1, -0.05) is 18.2 Å². The van der Waals surface area contributed by atoms with E-state index in [1.54, 1.807) is 0 Å². The van der Waals surface area contributed by atoms with Gasteiger partial charge in [0, 0.05) is 23.9 Å². The molecular formula is C22H24N2O4. The van der Waals surface area contributed by atoms with E-state index < -0.39 is 5.41 Å². The first-order chi connectivity index (χ1) is 13.6. The summed E-state index contributed by atoms with van der Waals surface area (Å²) in [6, 6.07) is 10.7. The lowest BCUT2D eigenvalue weighted by atomic mass is 9.77. The number of rotatable bonds is 3. The van der Waals surface area contributed by atoms with Crippen LogP contribution in [0.25, 0.3) is 0 Å². The van der Waals surface area contributed by atoms with Crippen LogP contribution in [0.3, 0.4) is 0 Å². The average Bonchev–Trinajstić information content (AvgIpc) is 3.19. The Bertz CT molecular complexity index is 938. The van der Waals surface area contributed by atoms with Gasteiger partial charge in [0.1, 0.15) is 17.8 Å². The Hall–Kier alpha value is -2.73. The molecule has 0 aromatic heterocycles. The minimum Gasteiger partial charge on any atom is -0.504 e. The highest BCUT2D eigenvalue weighted by Crippen LogP contribution is 2.54. The normalized spacial score (nSPS) is 23.7. The van der Waals surface area contributed by atoms with Crippen molar-refractivity contribution in [1.82, 2.24) is 5.32 Å². The number of benzene rings is 2. The lowest BCUT2D eigenvalue weighted by molar-refractivity contribution is -0.122. The van der Waals surface area contributed by atoms with Gasteiger partial charge < -0.3 is 25.2 Å². The molecule has 1 spiro atoms. The first kappa shape index (κ1) is 17.4. The summed E-state index contributed by atoms with van der Waals surface area (Å²) in [5, 5.41) is 23.3. The van der Waals surface area contributed by atoms with E-state index in [2.05, 4.69) is 5.32 Å². The van der Waals surface area contributed by atoms with Crippen LogP contribution in [0, 0.1) is 5.92 Å². The third kappa shape index (κ3) is 2.41. The molecule has 3 aliphatic heterocycles. The zero-order chi connectivity index (χ0) is 19.3. The monoisotopic (exact) mass is 380 g/mol. The van der Waals surface area contributed by atoms with Gasteiger partial charge in [0.2, 0.25) is 5.91 Å². The number of anilines is 1. The van der Waals surface area contributed by atoms with Crippen molar-refractivity contribution in [3.8, 4) is 17.2 Å². The molecule has 3 aliphatic rings. The number of piperidine rings is 1. The minimum atomic E-state index is -0.953. The molecule has 2 aromatic rings. The fraction of sp³-hybridized carbons (Fsp3) is 0.409. The molecule has 6 heteroatoms. The van der Waals surface area contributed by atoms with E-state index >= 15 is 0 Å². The van der Waals surface area contributed by atoms with Crippen molar-refractivity contribution in [3.05, 3.63) is 47.5 Å². The third-order valence-corrected chi connectivity index (χ3v) is 6.47. The summed E-state index contributed by atoms with van der Waals surface area (Å²) in [5.41, 5.74) is 1.51. The van der Waals surface area contributed by atoms with E-state index in [-0.39, 0.29) is 24.0 Å². The standard InChI is InChI=1S/C22H24N2O4/c25-18-11-16-20(12-19(18)26)28-13-22(16)15-3-1-2-4-17(15)24(21(22)27)10-7-14-5-8-23-9-6-14/h1-4,11-12,14,23,25-26H,5-10,13H2. The summed E-state index contributed by atoms with van der Waals surface area (Å²) in [7, 11) is 0. The van der Waals surface area contributed by atoms with Crippen LogP contribution in [0.2, 0.25) is 0 Å². The van der Waals surface area contributed by atoms with E-state index in [0.717, 1.165) is 43.6 Å². The summed E-state index contributed by atoms with van der Waals surface area (Å²) in [6.07, 6.45) is 3.27. The zero-order valence-electron chi connectivity index (χ0n) is 15.6. The lowest BCUT2D eigenvalue weighted by Crippen LogP contribution is -2.43. The van der Waals surface area contributed by atoms with Crippen LogP contribution < -0.4 is 15.0 Å². The number of nitrogens with one attached hydrogen (secondary N) is 1. The Morgan fingerprint density at radius 2 is 1.86 bits per heavy atom. The molecule has 0 saturated carbocycles. The van der Waals surface area contributed by atoms with Crippen molar-refractivity contribution in [2.24, 2.45) is 5.92 Å². The second-order valence-electron chi connectivity index (χ2n) is 7.99. The molecule has 1 saturated heterocycles. The van der Waals surface area contributed by atoms with Crippen molar-refractivity contribution in [2.75, 3.05) is 31.1 Å². The molecule has 0 aliphatic carbocycles. The van der Waals surface area contributed by atoms with Gasteiger partial charge in [-0.05, 0) is 56.0 Å². The largest absolute Gasteiger partial charge is 0.504 e. The first-order valence-corrected chi connectivity index (χ1v) is 9.93. The second kappa shape index (κ2) is 6.41. The number of amides is 1. The van der Waals surface area contributed by atoms with Crippen molar-refractivity contribution in [3.63, 3.8) is 0 Å². The highest BCUT2D eigenvalue weighted by Gasteiger charge is 2.57. The molecular weight excluding hydrogens is 356 g/mol. The lowest BCUT2D eigenvalue weighted by Gasteiger charge is -2.27. The molecule has 28 heavy (non-hydrogen) atoms. The van der Waals surface area contributed by atoms with Crippen LogP contribution in [0.1, 0.15) is 30.4 Å². The van der Waals surface area contributed by atoms with Crippen LogP contribution in [-0.2, 0) is 10.2 Å². The van der Waals surface area contributed by atoms with Gasteiger partial charge in [-0.15, -0.1) is 0 Å². The van der Waals surface area contributed by atoms with Crippen molar-refractivity contribution in [2.45, 2.75) is 24.7 Å². The number of phenols is 2. The van der Waals surface area contributed by atoms with E-state index in [9.17, 15) is 15.0 Å². The molecule has 3 N–H and O–H groups in total. The Balaban J connectivity index is 1.53. The topological polar surface area (TPSA) is 82.0 Å². The molecule has 3 heterocycles. The number of hydrogen-bond acceptors (Lipinski definition) is 5. The SMILES string of the molecule is O=C1N(CCC2CCNCC2)c2ccccc2C12COc1cc(O)c(O)cc12. The summed E-state index contributed by atoms with van der Waals surface area (Å²) in [5.74, 6) is 0.607.